The minimum atomic E-state index is 0.472. The van der Waals surface area contributed by atoms with Crippen LogP contribution in [0.3, 0.4) is 0 Å². The van der Waals surface area contributed by atoms with Crippen LogP contribution in [-0.4, -0.2) is 28.0 Å². The summed E-state index contributed by atoms with van der Waals surface area (Å²) in [6, 6.07) is 0. The highest BCUT2D eigenvalue weighted by molar-refractivity contribution is 7.99. The van der Waals surface area contributed by atoms with Gasteiger partial charge in [0.15, 0.2) is 5.16 Å². The maximum atomic E-state index is 5.79. The van der Waals surface area contributed by atoms with Gasteiger partial charge in [0, 0.05) is 19.4 Å². The van der Waals surface area contributed by atoms with E-state index < -0.39 is 0 Å². The van der Waals surface area contributed by atoms with Crippen molar-refractivity contribution in [3.63, 3.8) is 0 Å². The van der Waals surface area contributed by atoms with Crippen LogP contribution in [0.5, 0.6) is 0 Å². The van der Waals surface area contributed by atoms with Crippen molar-refractivity contribution in [1.82, 2.24) is 9.55 Å². The molecule has 1 unspecified atom stereocenters. The molecule has 1 atom stereocenters. The van der Waals surface area contributed by atoms with Crippen molar-refractivity contribution in [2.24, 2.45) is 7.05 Å². The summed E-state index contributed by atoms with van der Waals surface area (Å²) in [5.74, 6) is 1.59. The summed E-state index contributed by atoms with van der Waals surface area (Å²) in [5, 5.41) is 1.05. The number of hydrogen-bond acceptors (Lipinski definition) is 3. The van der Waals surface area contributed by atoms with E-state index in [1.807, 2.05) is 13.2 Å². The van der Waals surface area contributed by atoms with Gasteiger partial charge in [-0.1, -0.05) is 11.8 Å². The summed E-state index contributed by atoms with van der Waals surface area (Å²) in [5.41, 5.74) is 1.07. The van der Waals surface area contributed by atoms with Crippen molar-refractivity contribution in [3.8, 4) is 0 Å². The van der Waals surface area contributed by atoms with E-state index in [0.717, 1.165) is 29.6 Å². The molecule has 3 nitrogen and oxygen atoms in total. The second-order valence-electron chi connectivity index (χ2n) is 4.00. The monoisotopic (exact) mass is 260 g/mol. The Hall–Kier alpha value is -0.190. The van der Waals surface area contributed by atoms with Crippen LogP contribution in [0.1, 0.15) is 25.0 Å². The fraction of sp³-hybridized carbons (Fsp3) is 0.727. The van der Waals surface area contributed by atoms with Crippen LogP contribution < -0.4 is 0 Å². The van der Waals surface area contributed by atoms with Gasteiger partial charge < -0.3 is 9.30 Å². The molecule has 1 aromatic heterocycles. The molecule has 0 N–H and O–H groups in total. The van der Waals surface area contributed by atoms with Gasteiger partial charge in [0.1, 0.15) is 0 Å². The molecule has 0 aromatic carbocycles. The third kappa shape index (κ3) is 2.93. The second kappa shape index (κ2) is 5.94. The number of aromatic nitrogens is 2. The van der Waals surface area contributed by atoms with Crippen LogP contribution in [0.4, 0.5) is 0 Å². The van der Waals surface area contributed by atoms with Gasteiger partial charge in [-0.2, -0.15) is 0 Å². The normalized spacial score (nSPS) is 20.5. The van der Waals surface area contributed by atoms with Crippen LogP contribution in [0.2, 0.25) is 0 Å². The number of ether oxygens (including phenoxy) is 1. The van der Waals surface area contributed by atoms with Gasteiger partial charge in [-0.3, -0.25) is 0 Å². The van der Waals surface area contributed by atoms with E-state index in [1.165, 1.54) is 12.8 Å². The molecule has 0 amide bonds. The van der Waals surface area contributed by atoms with Gasteiger partial charge in [0.25, 0.3) is 0 Å². The molecule has 1 aliphatic rings. The predicted octanol–water partition coefficient (Wildman–Crippen LogP) is 2.82. The van der Waals surface area contributed by atoms with Gasteiger partial charge in [-0.25, -0.2) is 4.98 Å². The first-order chi connectivity index (χ1) is 7.81. The molecule has 2 heterocycles. The number of thioether (sulfide) groups is 1. The molecule has 0 aliphatic carbocycles. The number of hydrogen-bond donors (Lipinski definition) is 0. The number of nitrogens with zero attached hydrogens (tertiary/aromatic N) is 2. The fourth-order valence-electron chi connectivity index (χ4n) is 1.84. The van der Waals surface area contributed by atoms with Crippen LogP contribution in [0, 0.1) is 0 Å². The first-order valence-electron chi connectivity index (χ1n) is 5.62. The van der Waals surface area contributed by atoms with Crippen molar-refractivity contribution < 1.29 is 4.74 Å². The van der Waals surface area contributed by atoms with Crippen molar-refractivity contribution >= 4 is 23.4 Å². The van der Waals surface area contributed by atoms with Crippen LogP contribution in [0.15, 0.2) is 11.4 Å². The molecule has 1 saturated heterocycles. The number of rotatable bonds is 5. The molecule has 0 spiro atoms. The largest absolute Gasteiger partial charge is 0.378 e. The van der Waals surface area contributed by atoms with Crippen LogP contribution in [0.25, 0.3) is 0 Å². The second-order valence-corrected chi connectivity index (χ2v) is 5.33. The van der Waals surface area contributed by atoms with Gasteiger partial charge in [-0.15, -0.1) is 11.6 Å². The van der Waals surface area contributed by atoms with Crippen LogP contribution >= 0.6 is 23.4 Å². The zero-order valence-electron chi connectivity index (χ0n) is 9.49. The van der Waals surface area contributed by atoms with Crippen LogP contribution in [-0.2, 0) is 17.7 Å². The van der Waals surface area contributed by atoms with Crippen molar-refractivity contribution in [1.29, 1.82) is 0 Å². The van der Waals surface area contributed by atoms with Gasteiger partial charge in [0.05, 0.1) is 23.9 Å². The highest BCUT2D eigenvalue weighted by atomic mass is 35.5. The fourth-order valence-corrected chi connectivity index (χ4v) is 3.09. The molecule has 1 fully saturated rings. The third-order valence-electron chi connectivity index (χ3n) is 2.87. The average molecular weight is 261 g/mol. The Morgan fingerprint density at radius 2 is 2.56 bits per heavy atom. The maximum Gasteiger partial charge on any atom is 0.167 e. The summed E-state index contributed by atoms with van der Waals surface area (Å²) >= 11 is 7.58. The first kappa shape index (κ1) is 12.3. The average Bonchev–Trinajstić information content (AvgIpc) is 2.90. The first-order valence-corrected chi connectivity index (χ1v) is 7.14. The molecule has 2 rings (SSSR count). The van der Waals surface area contributed by atoms with E-state index in [9.17, 15) is 0 Å². The Kier molecular flexibility index (Phi) is 4.55. The van der Waals surface area contributed by atoms with Gasteiger partial charge in [0.2, 0.25) is 0 Å². The van der Waals surface area contributed by atoms with E-state index in [1.54, 1.807) is 11.8 Å². The molecule has 1 aliphatic heterocycles. The zero-order chi connectivity index (χ0) is 11.4. The molecular formula is C11H17ClN2OS. The zero-order valence-corrected chi connectivity index (χ0v) is 11.1. The molecular weight excluding hydrogens is 244 g/mol. The van der Waals surface area contributed by atoms with Crippen molar-refractivity contribution in [2.75, 3.05) is 12.4 Å². The summed E-state index contributed by atoms with van der Waals surface area (Å²) in [4.78, 5) is 4.35. The number of imidazole rings is 1. The SMILES string of the molecule is Cn1c(CCl)cnc1SCCC1CCCO1. The quantitative estimate of drug-likeness (QED) is 0.602. The Morgan fingerprint density at radius 1 is 1.69 bits per heavy atom. The van der Waals surface area contributed by atoms with Gasteiger partial charge >= 0.3 is 0 Å². The Bertz CT molecular complexity index is 337. The lowest BCUT2D eigenvalue weighted by atomic mass is 10.2. The summed E-state index contributed by atoms with van der Waals surface area (Å²) in [6.45, 7) is 0.939. The Morgan fingerprint density at radius 3 is 3.19 bits per heavy atom. The van der Waals surface area contributed by atoms with Crippen molar-refractivity contribution in [3.05, 3.63) is 11.9 Å². The highest BCUT2D eigenvalue weighted by Crippen LogP contribution is 2.22. The lowest BCUT2D eigenvalue weighted by Gasteiger charge is -2.08. The van der Waals surface area contributed by atoms with E-state index in [0.29, 0.717) is 12.0 Å². The Labute approximate surface area is 106 Å². The molecule has 0 bridgehead atoms. The predicted molar refractivity (Wildman–Crippen MR) is 67.1 cm³/mol. The Balaban J connectivity index is 1.78. The van der Waals surface area contributed by atoms with E-state index >= 15 is 0 Å². The maximum absolute atomic E-state index is 5.79. The molecule has 90 valence electrons. The minimum absolute atomic E-state index is 0.472. The van der Waals surface area contributed by atoms with E-state index in [2.05, 4.69) is 9.55 Å². The molecule has 0 radical (unpaired) electrons. The lowest BCUT2D eigenvalue weighted by molar-refractivity contribution is 0.109. The third-order valence-corrected chi connectivity index (χ3v) is 4.22. The molecule has 16 heavy (non-hydrogen) atoms. The highest BCUT2D eigenvalue weighted by Gasteiger charge is 2.15. The van der Waals surface area contributed by atoms with Gasteiger partial charge in [-0.05, 0) is 19.3 Å². The number of alkyl halides is 1. The minimum Gasteiger partial charge on any atom is -0.378 e. The smallest absolute Gasteiger partial charge is 0.167 e. The summed E-state index contributed by atoms with van der Waals surface area (Å²) in [6.07, 6.45) is 5.87. The number of halogens is 1. The summed E-state index contributed by atoms with van der Waals surface area (Å²) in [7, 11) is 2.01. The topological polar surface area (TPSA) is 27.1 Å². The van der Waals surface area contributed by atoms with Crippen molar-refractivity contribution in [2.45, 2.75) is 36.4 Å². The molecule has 5 heteroatoms. The van der Waals surface area contributed by atoms with E-state index in [4.69, 9.17) is 16.3 Å². The summed E-state index contributed by atoms with van der Waals surface area (Å²) < 4.78 is 7.65. The molecule has 1 aromatic rings. The van der Waals surface area contributed by atoms with E-state index in [-0.39, 0.29) is 0 Å². The standard InChI is InChI=1S/C11H17ClN2OS/c1-14-9(7-12)8-13-11(14)16-6-4-10-3-2-5-15-10/h8,10H,2-7H2,1H3. The lowest BCUT2D eigenvalue weighted by Crippen LogP contribution is -2.06. The molecule has 0 saturated carbocycles.